The number of nitrogens with zero attached hydrogens (tertiary/aromatic N) is 2. The molecule has 0 amide bonds. The van der Waals surface area contributed by atoms with Gasteiger partial charge in [0, 0.05) is 19.5 Å². The van der Waals surface area contributed by atoms with Crippen molar-refractivity contribution in [1.29, 1.82) is 5.26 Å². The third-order valence-corrected chi connectivity index (χ3v) is 3.51. The van der Waals surface area contributed by atoms with Crippen LogP contribution in [-0.2, 0) is 6.42 Å². The molecule has 0 radical (unpaired) electrons. The van der Waals surface area contributed by atoms with Gasteiger partial charge in [-0.25, -0.2) is 0 Å². The molecule has 1 aliphatic heterocycles. The SMILES string of the molecule is C=C.CN1CCC(O)(Cc2cccc(C#N)c2)CC1. The maximum absolute atomic E-state index is 10.5. The molecule has 102 valence electrons. The summed E-state index contributed by atoms with van der Waals surface area (Å²) in [5.74, 6) is 0. The molecule has 0 atom stereocenters. The summed E-state index contributed by atoms with van der Waals surface area (Å²) >= 11 is 0. The first-order valence-electron chi connectivity index (χ1n) is 6.51. The summed E-state index contributed by atoms with van der Waals surface area (Å²) in [6.45, 7) is 7.88. The van der Waals surface area contributed by atoms with E-state index in [0.717, 1.165) is 31.5 Å². The monoisotopic (exact) mass is 258 g/mol. The predicted octanol–water partition coefficient (Wildman–Crippen LogP) is 2.36. The zero-order chi connectivity index (χ0) is 14.3. The molecule has 3 nitrogen and oxygen atoms in total. The number of hydrogen-bond acceptors (Lipinski definition) is 3. The van der Waals surface area contributed by atoms with E-state index < -0.39 is 5.60 Å². The summed E-state index contributed by atoms with van der Waals surface area (Å²) in [6.07, 6.45) is 2.26. The van der Waals surface area contributed by atoms with Crippen LogP contribution in [0.5, 0.6) is 0 Å². The molecular weight excluding hydrogens is 236 g/mol. The van der Waals surface area contributed by atoms with E-state index >= 15 is 0 Å². The van der Waals surface area contributed by atoms with Gasteiger partial charge in [-0.2, -0.15) is 5.26 Å². The average Bonchev–Trinajstić information content (AvgIpc) is 2.45. The Bertz CT molecular complexity index is 442. The van der Waals surface area contributed by atoms with Crippen molar-refractivity contribution in [3.8, 4) is 6.07 Å². The van der Waals surface area contributed by atoms with Gasteiger partial charge in [-0.05, 0) is 37.6 Å². The predicted molar refractivity (Wildman–Crippen MR) is 77.8 cm³/mol. The van der Waals surface area contributed by atoms with Gasteiger partial charge >= 0.3 is 0 Å². The number of rotatable bonds is 2. The van der Waals surface area contributed by atoms with Crippen molar-refractivity contribution in [3.05, 3.63) is 48.6 Å². The van der Waals surface area contributed by atoms with E-state index in [4.69, 9.17) is 5.26 Å². The van der Waals surface area contributed by atoms with Crippen LogP contribution in [0.1, 0.15) is 24.0 Å². The summed E-state index contributed by atoms with van der Waals surface area (Å²) in [6, 6.07) is 9.66. The normalized spacial score (nSPS) is 17.9. The van der Waals surface area contributed by atoms with E-state index in [1.54, 1.807) is 6.07 Å². The van der Waals surface area contributed by atoms with E-state index in [0.29, 0.717) is 12.0 Å². The number of nitriles is 1. The highest BCUT2D eigenvalue weighted by Gasteiger charge is 2.31. The summed E-state index contributed by atoms with van der Waals surface area (Å²) < 4.78 is 0. The van der Waals surface area contributed by atoms with Crippen LogP contribution in [0.15, 0.2) is 37.4 Å². The molecule has 1 heterocycles. The zero-order valence-corrected chi connectivity index (χ0v) is 11.6. The smallest absolute Gasteiger partial charge is 0.0991 e. The molecule has 0 unspecified atom stereocenters. The molecule has 1 saturated heterocycles. The maximum Gasteiger partial charge on any atom is 0.0991 e. The Morgan fingerprint density at radius 3 is 2.58 bits per heavy atom. The summed E-state index contributed by atoms with van der Waals surface area (Å²) in [7, 11) is 2.08. The Morgan fingerprint density at radius 2 is 2.00 bits per heavy atom. The zero-order valence-electron chi connectivity index (χ0n) is 11.6. The third-order valence-electron chi connectivity index (χ3n) is 3.51. The van der Waals surface area contributed by atoms with Crippen LogP contribution in [-0.4, -0.2) is 35.7 Å². The van der Waals surface area contributed by atoms with Crippen LogP contribution >= 0.6 is 0 Å². The number of benzene rings is 1. The van der Waals surface area contributed by atoms with Crippen LogP contribution in [0.3, 0.4) is 0 Å². The van der Waals surface area contributed by atoms with Gasteiger partial charge in [0.25, 0.3) is 0 Å². The number of piperidine rings is 1. The lowest BCUT2D eigenvalue weighted by Gasteiger charge is -2.36. The molecule has 0 bridgehead atoms. The molecule has 0 aromatic heterocycles. The minimum absolute atomic E-state index is 0.597. The third kappa shape index (κ3) is 4.51. The number of aliphatic hydroxyl groups is 1. The van der Waals surface area contributed by atoms with Crippen molar-refractivity contribution >= 4 is 0 Å². The topological polar surface area (TPSA) is 47.3 Å². The van der Waals surface area contributed by atoms with E-state index in [1.165, 1.54) is 0 Å². The van der Waals surface area contributed by atoms with Crippen LogP contribution in [0, 0.1) is 11.3 Å². The molecule has 1 aliphatic rings. The van der Waals surface area contributed by atoms with Crippen molar-refractivity contribution in [3.63, 3.8) is 0 Å². The minimum Gasteiger partial charge on any atom is -0.389 e. The molecule has 3 heteroatoms. The van der Waals surface area contributed by atoms with E-state index in [2.05, 4.69) is 31.2 Å². The standard InChI is InChI=1S/C14H18N2O.C2H4/c1-16-7-5-14(17,6-8-16)10-12-3-2-4-13(9-12)11-15;1-2/h2-4,9,17H,5-8,10H2,1H3;1-2H2. The quantitative estimate of drug-likeness (QED) is 0.828. The van der Waals surface area contributed by atoms with Crippen molar-refractivity contribution in [2.24, 2.45) is 0 Å². The van der Waals surface area contributed by atoms with Gasteiger partial charge in [0.2, 0.25) is 0 Å². The molecule has 1 aromatic carbocycles. The van der Waals surface area contributed by atoms with E-state index in [-0.39, 0.29) is 0 Å². The van der Waals surface area contributed by atoms with Gasteiger partial charge in [-0.3, -0.25) is 0 Å². The second-order valence-electron chi connectivity index (χ2n) is 5.02. The van der Waals surface area contributed by atoms with Crippen molar-refractivity contribution < 1.29 is 5.11 Å². The van der Waals surface area contributed by atoms with Gasteiger partial charge in [0.15, 0.2) is 0 Å². The molecule has 1 N–H and O–H groups in total. The second-order valence-corrected chi connectivity index (χ2v) is 5.02. The van der Waals surface area contributed by atoms with Gasteiger partial charge < -0.3 is 10.0 Å². The highest BCUT2D eigenvalue weighted by molar-refractivity contribution is 5.33. The molecule has 0 saturated carbocycles. The Hall–Kier alpha value is -1.63. The largest absolute Gasteiger partial charge is 0.389 e. The summed E-state index contributed by atoms with van der Waals surface area (Å²) in [4.78, 5) is 2.24. The Morgan fingerprint density at radius 1 is 1.37 bits per heavy atom. The lowest BCUT2D eigenvalue weighted by atomic mass is 9.85. The molecule has 0 aliphatic carbocycles. The van der Waals surface area contributed by atoms with Crippen molar-refractivity contribution in [1.82, 2.24) is 4.90 Å². The summed E-state index contributed by atoms with van der Waals surface area (Å²) in [5, 5.41) is 19.3. The van der Waals surface area contributed by atoms with Gasteiger partial charge in [0.1, 0.15) is 0 Å². The molecular formula is C16H22N2O. The minimum atomic E-state index is -0.597. The van der Waals surface area contributed by atoms with Gasteiger partial charge in [-0.1, -0.05) is 12.1 Å². The van der Waals surface area contributed by atoms with E-state index in [9.17, 15) is 5.11 Å². The van der Waals surface area contributed by atoms with Crippen molar-refractivity contribution in [2.45, 2.75) is 24.9 Å². The molecule has 1 fully saturated rings. The maximum atomic E-state index is 10.5. The first kappa shape index (κ1) is 15.4. The highest BCUT2D eigenvalue weighted by Crippen LogP contribution is 2.25. The fraction of sp³-hybridized carbons (Fsp3) is 0.438. The van der Waals surface area contributed by atoms with Crippen LogP contribution < -0.4 is 0 Å². The highest BCUT2D eigenvalue weighted by atomic mass is 16.3. The average molecular weight is 258 g/mol. The Labute approximate surface area is 115 Å². The number of likely N-dealkylation sites (tertiary alicyclic amines) is 1. The second kappa shape index (κ2) is 7.08. The molecule has 1 aromatic rings. The van der Waals surface area contributed by atoms with Crippen LogP contribution in [0.4, 0.5) is 0 Å². The Kier molecular flexibility index (Phi) is 5.75. The fourth-order valence-corrected chi connectivity index (χ4v) is 2.34. The Balaban J connectivity index is 0.000000861. The van der Waals surface area contributed by atoms with Crippen LogP contribution in [0.25, 0.3) is 0 Å². The van der Waals surface area contributed by atoms with Crippen LogP contribution in [0.2, 0.25) is 0 Å². The summed E-state index contributed by atoms with van der Waals surface area (Å²) in [5.41, 5.74) is 1.12. The van der Waals surface area contributed by atoms with E-state index in [1.807, 2.05) is 18.2 Å². The number of hydrogen-bond donors (Lipinski definition) is 1. The lowest BCUT2D eigenvalue weighted by molar-refractivity contribution is -0.0150. The molecule has 0 spiro atoms. The fourth-order valence-electron chi connectivity index (χ4n) is 2.34. The first-order valence-corrected chi connectivity index (χ1v) is 6.51. The molecule has 2 rings (SSSR count). The molecule has 19 heavy (non-hydrogen) atoms. The lowest BCUT2D eigenvalue weighted by Crippen LogP contribution is -2.44. The van der Waals surface area contributed by atoms with Gasteiger partial charge in [0.05, 0.1) is 17.2 Å². The first-order chi connectivity index (χ1) is 9.11. The van der Waals surface area contributed by atoms with Gasteiger partial charge in [-0.15, -0.1) is 13.2 Å². The van der Waals surface area contributed by atoms with Crippen molar-refractivity contribution in [2.75, 3.05) is 20.1 Å².